The third-order valence-electron chi connectivity index (χ3n) is 2.05. The van der Waals surface area contributed by atoms with Crippen molar-refractivity contribution in [1.82, 2.24) is 19.9 Å². The molecule has 2 heterocycles. The van der Waals surface area contributed by atoms with Crippen LogP contribution in [-0.2, 0) is 9.53 Å². The second-order valence-electron chi connectivity index (χ2n) is 3.25. The Morgan fingerprint density at radius 1 is 1.50 bits per heavy atom. The first-order chi connectivity index (χ1) is 8.81. The van der Waals surface area contributed by atoms with Gasteiger partial charge in [0.15, 0.2) is 5.65 Å². The molecule has 0 spiro atoms. The van der Waals surface area contributed by atoms with Crippen LogP contribution in [0.4, 0.5) is 0 Å². The number of nitrogens with one attached hydrogen (secondary N) is 1. The number of hydrogen-bond donors (Lipinski definition) is 1. The zero-order chi connectivity index (χ0) is 12.8. The second-order valence-corrected chi connectivity index (χ2v) is 4.25. The number of imidazole rings is 1. The van der Waals surface area contributed by atoms with E-state index in [1.807, 2.05) is 0 Å². The van der Waals surface area contributed by atoms with Gasteiger partial charge in [0.2, 0.25) is 0 Å². The molecule has 18 heavy (non-hydrogen) atoms. The second kappa shape index (κ2) is 6.15. The van der Waals surface area contributed by atoms with E-state index in [0.29, 0.717) is 18.0 Å². The van der Waals surface area contributed by atoms with Gasteiger partial charge in [-0.05, 0) is 6.92 Å². The highest BCUT2D eigenvalue weighted by molar-refractivity contribution is 7.99. The summed E-state index contributed by atoms with van der Waals surface area (Å²) in [6.07, 6.45) is 6.22. The van der Waals surface area contributed by atoms with Crippen LogP contribution >= 0.6 is 11.8 Å². The number of ether oxygens (including phenoxy) is 1. The maximum Gasteiger partial charge on any atom is 0.330 e. The van der Waals surface area contributed by atoms with Crippen LogP contribution in [0.3, 0.4) is 0 Å². The molecule has 2 aromatic rings. The molecule has 0 aromatic carbocycles. The van der Waals surface area contributed by atoms with Crippen LogP contribution < -0.4 is 0 Å². The summed E-state index contributed by atoms with van der Waals surface area (Å²) in [7, 11) is 0. The van der Waals surface area contributed by atoms with Crippen LogP contribution in [0, 0.1) is 0 Å². The maximum atomic E-state index is 11.1. The monoisotopic (exact) mass is 264 g/mol. The molecule has 0 saturated carbocycles. The van der Waals surface area contributed by atoms with Crippen LogP contribution in [0.15, 0.2) is 29.8 Å². The SMILES string of the molecule is CCOC(=O)/C=C/CSc1ncnc2nc[nH]c12. The van der Waals surface area contributed by atoms with Crippen LogP contribution in [0.5, 0.6) is 0 Å². The van der Waals surface area contributed by atoms with Crippen LogP contribution in [0.1, 0.15) is 6.92 Å². The Morgan fingerprint density at radius 3 is 3.22 bits per heavy atom. The van der Waals surface area contributed by atoms with Crippen molar-refractivity contribution in [3.8, 4) is 0 Å². The van der Waals surface area contributed by atoms with Crippen molar-refractivity contribution in [2.45, 2.75) is 11.9 Å². The molecule has 0 fully saturated rings. The number of aromatic nitrogens is 4. The normalized spacial score (nSPS) is 11.2. The van der Waals surface area contributed by atoms with Crippen molar-refractivity contribution < 1.29 is 9.53 Å². The summed E-state index contributed by atoms with van der Waals surface area (Å²) in [4.78, 5) is 26.3. The van der Waals surface area contributed by atoms with Crippen molar-refractivity contribution in [2.75, 3.05) is 12.4 Å². The highest BCUT2D eigenvalue weighted by Gasteiger charge is 2.04. The van der Waals surface area contributed by atoms with Gasteiger partial charge in [0.05, 0.1) is 12.9 Å². The number of fused-ring (bicyclic) bond motifs is 1. The molecule has 0 bridgehead atoms. The lowest BCUT2D eigenvalue weighted by Gasteiger charge is -1.98. The van der Waals surface area contributed by atoms with Crippen LogP contribution in [0.2, 0.25) is 0 Å². The summed E-state index contributed by atoms with van der Waals surface area (Å²) in [6.45, 7) is 2.16. The third kappa shape index (κ3) is 3.07. The van der Waals surface area contributed by atoms with Crippen molar-refractivity contribution >= 4 is 28.9 Å². The molecular weight excluding hydrogens is 252 g/mol. The highest BCUT2D eigenvalue weighted by atomic mass is 32.2. The first-order valence-electron chi connectivity index (χ1n) is 5.41. The lowest BCUT2D eigenvalue weighted by molar-refractivity contribution is -0.137. The zero-order valence-electron chi connectivity index (χ0n) is 9.79. The topological polar surface area (TPSA) is 80.8 Å². The Kier molecular flexibility index (Phi) is 4.30. The van der Waals surface area contributed by atoms with Gasteiger partial charge < -0.3 is 9.72 Å². The van der Waals surface area contributed by atoms with Gasteiger partial charge in [0.25, 0.3) is 0 Å². The molecular formula is C11H12N4O2S. The van der Waals surface area contributed by atoms with E-state index in [4.69, 9.17) is 4.74 Å². The Morgan fingerprint density at radius 2 is 2.39 bits per heavy atom. The van der Waals surface area contributed by atoms with Gasteiger partial charge in [-0.3, -0.25) is 0 Å². The van der Waals surface area contributed by atoms with Gasteiger partial charge in [0.1, 0.15) is 16.9 Å². The Hall–Kier alpha value is -1.89. The van der Waals surface area contributed by atoms with Gasteiger partial charge >= 0.3 is 5.97 Å². The number of H-pyrrole nitrogens is 1. The Labute approximate surface area is 108 Å². The third-order valence-corrected chi connectivity index (χ3v) is 2.99. The number of carbonyl (C=O) groups is 1. The molecule has 94 valence electrons. The fraction of sp³-hybridized carbons (Fsp3) is 0.273. The van der Waals surface area contributed by atoms with E-state index in [1.54, 1.807) is 19.3 Å². The van der Waals surface area contributed by atoms with E-state index in [2.05, 4.69) is 19.9 Å². The standard InChI is InChI=1S/C11H12N4O2S/c1-2-17-8(16)4-3-5-18-11-9-10(13-6-12-9)14-7-15-11/h3-4,6-7H,2,5H2,1H3,(H,12,13,14,15)/b4-3+. The van der Waals surface area contributed by atoms with Gasteiger partial charge in [-0.25, -0.2) is 19.7 Å². The number of hydrogen-bond acceptors (Lipinski definition) is 6. The van der Waals surface area contributed by atoms with E-state index >= 15 is 0 Å². The fourth-order valence-electron chi connectivity index (χ4n) is 1.31. The van der Waals surface area contributed by atoms with Crippen molar-refractivity contribution in [3.63, 3.8) is 0 Å². The van der Waals surface area contributed by atoms with Crippen molar-refractivity contribution in [3.05, 3.63) is 24.8 Å². The Balaban J connectivity index is 1.94. The lowest BCUT2D eigenvalue weighted by atomic mass is 10.5. The minimum atomic E-state index is -0.326. The van der Waals surface area contributed by atoms with E-state index in [1.165, 1.54) is 24.2 Å². The summed E-state index contributed by atoms with van der Waals surface area (Å²) in [5.74, 6) is 0.303. The number of esters is 1. The molecule has 0 radical (unpaired) electrons. The smallest absolute Gasteiger partial charge is 0.330 e. The van der Waals surface area contributed by atoms with Crippen molar-refractivity contribution in [1.29, 1.82) is 0 Å². The van der Waals surface area contributed by atoms with Crippen LogP contribution in [-0.4, -0.2) is 38.3 Å². The first kappa shape index (κ1) is 12.6. The van der Waals surface area contributed by atoms with Gasteiger partial charge in [-0.1, -0.05) is 17.8 Å². The molecule has 0 aliphatic heterocycles. The maximum absolute atomic E-state index is 11.1. The quantitative estimate of drug-likeness (QED) is 0.382. The molecule has 0 amide bonds. The molecule has 0 unspecified atom stereocenters. The molecule has 0 saturated heterocycles. The predicted octanol–water partition coefficient (Wildman–Crippen LogP) is 1.56. The molecule has 0 aliphatic carbocycles. The molecule has 2 rings (SSSR count). The summed E-state index contributed by atoms with van der Waals surface area (Å²) >= 11 is 1.50. The molecule has 7 heteroatoms. The van der Waals surface area contributed by atoms with Crippen molar-refractivity contribution in [2.24, 2.45) is 0 Å². The number of rotatable bonds is 5. The van der Waals surface area contributed by atoms with E-state index < -0.39 is 0 Å². The molecule has 0 atom stereocenters. The number of aromatic amines is 1. The summed E-state index contributed by atoms with van der Waals surface area (Å²) in [5.41, 5.74) is 1.45. The fourth-order valence-corrected chi connectivity index (χ4v) is 2.08. The molecule has 1 N–H and O–H groups in total. The summed E-state index contributed by atoms with van der Waals surface area (Å²) in [6, 6.07) is 0. The molecule has 2 aromatic heterocycles. The average Bonchev–Trinajstić information content (AvgIpc) is 2.84. The van der Waals surface area contributed by atoms with Gasteiger partial charge in [0, 0.05) is 11.8 Å². The largest absolute Gasteiger partial charge is 0.463 e. The highest BCUT2D eigenvalue weighted by Crippen LogP contribution is 2.21. The van der Waals surface area contributed by atoms with E-state index in [9.17, 15) is 4.79 Å². The van der Waals surface area contributed by atoms with Gasteiger partial charge in [-0.15, -0.1) is 0 Å². The number of nitrogens with zero attached hydrogens (tertiary/aromatic N) is 3. The average molecular weight is 264 g/mol. The number of thioether (sulfide) groups is 1. The summed E-state index contributed by atoms with van der Waals surface area (Å²) in [5, 5.41) is 0.811. The Bertz CT molecular complexity index is 567. The first-order valence-corrected chi connectivity index (χ1v) is 6.40. The zero-order valence-corrected chi connectivity index (χ0v) is 10.6. The van der Waals surface area contributed by atoms with E-state index in [-0.39, 0.29) is 5.97 Å². The number of carbonyl (C=O) groups excluding carboxylic acids is 1. The van der Waals surface area contributed by atoms with Crippen LogP contribution in [0.25, 0.3) is 11.2 Å². The van der Waals surface area contributed by atoms with Gasteiger partial charge in [-0.2, -0.15) is 0 Å². The molecule has 6 nitrogen and oxygen atoms in total. The van der Waals surface area contributed by atoms with E-state index in [0.717, 1.165) is 10.5 Å². The predicted molar refractivity (Wildman–Crippen MR) is 68.2 cm³/mol. The lowest BCUT2D eigenvalue weighted by Crippen LogP contribution is -1.98. The summed E-state index contributed by atoms with van der Waals surface area (Å²) < 4.78 is 4.78. The minimum Gasteiger partial charge on any atom is -0.463 e. The molecule has 0 aliphatic rings. The minimum absolute atomic E-state index is 0.326.